The number of hydrogen-bond acceptors (Lipinski definition) is 3. The first-order chi connectivity index (χ1) is 6.25. The van der Waals surface area contributed by atoms with E-state index in [-0.39, 0.29) is 17.9 Å². The van der Waals surface area contributed by atoms with E-state index in [1.165, 1.54) is 20.0 Å². The standard InChI is InChI=1S/C10H19NO2/c1-13-10(12)8-6-4-2-3-5-7-9(8)11/h8-9H,2-7,11H2,1H3. The second-order valence-corrected chi connectivity index (χ2v) is 3.79. The van der Waals surface area contributed by atoms with Crippen LogP contribution < -0.4 is 5.73 Å². The Labute approximate surface area is 79.6 Å². The van der Waals surface area contributed by atoms with Crippen molar-refractivity contribution in [1.82, 2.24) is 0 Å². The SMILES string of the molecule is COC(=O)C1CCCCCCC1N. The molecule has 13 heavy (non-hydrogen) atoms. The van der Waals surface area contributed by atoms with E-state index in [2.05, 4.69) is 0 Å². The first-order valence-electron chi connectivity index (χ1n) is 5.09. The molecule has 1 aliphatic rings. The fraction of sp³-hybridized carbons (Fsp3) is 0.900. The van der Waals surface area contributed by atoms with Gasteiger partial charge in [0.25, 0.3) is 0 Å². The fourth-order valence-corrected chi connectivity index (χ4v) is 1.96. The van der Waals surface area contributed by atoms with Gasteiger partial charge in [-0.1, -0.05) is 25.7 Å². The van der Waals surface area contributed by atoms with Crippen LogP contribution in [-0.4, -0.2) is 19.1 Å². The smallest absolute Gasteiger partial charge is 0.310 e. The Morgan fingerprint density at radius 2 is 1.85 bits per heavy atom. The molecule has 0 bridgehead atoms. The topological polar surface area (TPSA) is 52.3 Å². The van der Waals surface area contributed by atoms with Crippen molar-refractivity contribution in [3.8, 4) is 0 Å². The van der Waals surface area contributed by atoms with Crippen LogP contribution in [0.2, 0.25) is 0 Å². The molecule has 2 unspecified atom stereocenters. The molecule has 3 nitrogen and oxygen atoms in total. The van der Waals surface area contributed by atoms with Crippen molar-refractivity contribution in [2.45, 2.75) is 44.6 Å². The number of esters is 1. The van der Waals surface area contributed by atoms with Crippen molar-refractivity contribution in [3.63, 3.8) is 0 Å². The molecule has 0 radical (unpaired) electrons. The van der Waals surface area contributed by atoms with Gasteiger partial charge in [0, 0.05) is 6.04 Å². The van der Waals surface area contributed by atoms with Gasteiger partial charge in [-0.3, -0.25) is 4.79 Å². The Morgan fingerprint density at radius 3 is 2.46 bits per heavy atom. The summed E-state index contributed by atoms with van der Waals surface area (Å²) in [6, 6.07) is 0.00718. The average molecular weight is 185 g/mol. The summed E-state index contributed by atoms with van der Waals surface area (Å²) in [5.41, 5.74) is 5.92. The average Bonchev–Trinajstić information content (AvgIpc) is 2.11. The summed E-state index contributed by atoms with van der Waals surface area (Å²) in [6.07, 6.45) is 6.58. The van der Waals surface area contributed by atoms with Gasteiger partial charge in [0.1, 0.15) is 0 Å². The zero-order chi connectivity index (χ0) is 9.68. The van der Waals surface area contributed by atoms with Gasteiger partial charge in [-0.2, -0.15) is 0 Å². The molecule has 1 saturated carbocycles. The van der Waals surface area contributed by atoms with Crippen LogP contribution in [-0.2, 0) is 9.53 Å². The highest BCUT2D eigenvalue weighted by Crippen LogP contribution is 2.22. The normalized spacial score (nSPS) is 30.3. The largest absolute Gasteiger partial charge is 0.469 e. The number of rotatable bonds is 1. The van der Waals surface area contributed by atoms with E-state index in [0.717, 1.165) is 25.7 Å². The van der Waals surface area contributed by atoms with Gasteiger partial charge in [0.2, 0.25) is 0 Å². The fourth-order valence-electron chi connectivity index (χ4n) is 1.96. The number of nitrogens with two attached hydrogens (primary N) is 1. The van der Waals surface area contributed by atoms with Crippen LogP contribution in [0.25, 0.3) is 0 Å². The molecule has 0 aromatic heterocycles. The third kappa shape index (κ3) is 2.99. The maximum atomic E-state index is 11.3. The lowest BCUT2D eigenvalue weighted by molar-refractivity contribution is -0.146. The van der Waals surface area contributed by atoms with E-state index in [1.54, 1.807) is 0 Å². The maximum Gasteiger partial charge on any atom is 0.310 e. The minimum Gasteiger partial charge on any atom is -0.469 e. The van der Waals surface area contributed by atoms with Gasteiger partial charge in [0.15, 0.2) is 0 Å². The molecule has 3 heteroatoms. The molecule has 1 rings (SSSR count). The van der Waals surface area contributed by atoms with Crippen LogP contribution in [0, 0.1) is 5.92 Å². The Kier molecular flexibility index (Phi) is 4.22. The monoisotopic (exact) mass is 185 g/mol. The van der Waals surface area contributed by atoms with Gasteiger partial charge < -0.3 is 10.5 Å². The molecule has 2 N–H and O–H groups in total. The van der Waals surface area contributed by atoms with Gasteiger partial charge in [0.05, 0.1) is 13.0 Å². The van der Waals surface area contributed by atoms with Crippen molar-refractivity contribution in [3.05, 3.63) is 0 Å². The van der Waals surface area contributed by atoms with E-state index in [4.69, 9.17) is 10.5 Å². The van der Waals surface area contributed by atoms with E-state index in [0.29, 0.717) is 0 Å². The molecule has 0 aromatic rings. The van der Waals surface area contributed by atoms with Crippen LogP contribution >= 0.6 is 0 Å². The molecular formula is C10H19NO2. The summed E-state index contributed by atoms with van der Waals surface area (Å²) in [7, 11) is 1.44. The van der Waals surface area contributed by atoms with E-state index < -0.39 is 0 Å². The molecule has 76 valence electrons. The van der Waals surface area contributed by atoms with Gasteiger partial charge in [-0.05, 0) is 12.8 Å². The second kappa shape index (κ2) is 5.22. The van der Waals surface area contributed by atoms with Crippen molar-refractivity contribution in [2.75, 3.05) is 7.11 Å². The molecule has 0 amide bonds. The Hall–Kier alpha value is -0.570. The highest BCUT2D eigenvalue weighted by molar-refractivity contribution is 5.73. The van der Waals surface area contributed by atoms with E-state index in [9.17, 15) is 4.79 Å². The van der Waals surface area contributed by atoms with Crippen molar-refractivity contribution >= 4 is 5.97 Å². The highest BCUT2D eigenvalue weighted by atomic mass is 16.5. The van der Waals surface area contributed by atoms with Crippen LogP contribution in [0.4, 0.5) is 0 Å². The Morgan fingerprint density at radius 1 is 1.23 bits per heavy atom. The third-order valence-corrected chi connectivity index (χ3v) is 2.82. The molecule has 0 heterocycles. The molecule has 1 aliphatic carbocycles. The second-order valence-electron chi connectivity index (χ2n) is 3.79. The van der Waals surface area contributed by atoms with E-state index in [1.807, 2.05) is 0 Å². The zero-order valence-corrected chi connectivity index (χ0v) is 8.29. The van der Waals surface area contributed by atoms with Crippen LogP contribution in [0.5, 0.6) is 0 Å². The molecule has 0 aromatic carbocycles. The summed E-state index contributed by atoms with van der Waals surface area (Å²) in [6.45, 7) is 0. The van der Waals surface area contributed by atoms with Crippen molar-refractivity contribution in [2.24, 2.45) is 11.7 Å². The summed E-state index contributed by atoms with van der Waals surface area (Å²) >= 11 is 0. The van der Waals surface area contributed by atoms with Crippen molar-refractivity contribution in [1.29, 1.82) is 0 Å². The Bertz CT molecular complexity index is 170. The summed E-state index contributed by atoms with van der Waals surface area (Å²) in [5, 5.41) is 0. The first kappa shape index (κ1) is 10.5. The minimum atomic E-state index is -0.130. The summed E-state index contributed by atoms with van der Waals surface area (Å²) in [4.78, 5) is 11.3. The lowest BCUT2D eigenvalue weighted by Crippen LogP contribution is -2.36. The summed E-state index contributed by atoms with van der Waals surface area (Å²) < 4.78 is 4.74. The lowest BCUT2D eigenvalue weighted by Gasteiger charge is -2.23. The maximum absolute atomic E-state index is 11.3. The first-order valence-corrected chi connectivity index (χ1v) is 5.09. The van der Waals surface area contributed by atoms with E-state index >= 15 is 0 Å². The number of carbonyl (C=O) groups excluding carboxylic acids is 1. The molecule has 0 saturated heterocycles. The lowest BCUT2D eigenvalue weighted by atomic mass is 9.87. The van der Waals surface area contributed by atoms with Crippen LogP contribution in [0.3, 0.4) is 0 Å². The van der Waals surface area contributed by atoms with Gasteiger partial charge in [-0.15, -0.1) is 0 Å². The molecule has 1 fully saturated rings. The zero-order valence-electron chi connectivity index (χ0n) is 8.29. The Balaban J connectivity index is 2.50. The molecule has 2 atom stereocenters. The molecule has 0 aliphatic heterocycles. The third-order valence-electron chi connectivity index (χ3n) is 2.82. The number of ether oxygens (including phenoxy) is 1. The molecular weight excluding hydrogens is 166 g/mol. The minimum absolute atomic E-state index is 0.00718. The highest BCUT2D eigenvalue weighted by Gasteiger charge is 2.26. The predicted octanol–water partition coefficient (Wildman–Crippen LogP) is 1.46. The number of carbonyl (C=O) groups is 1. The van der Waals surface area contributed by atoms with Crippen LogP contribution in [0.1, 0.15) is 38.5 Å². The van der Waals surface area contributed by atoms with Gasteiger partial charge >= 0.3 is 5.97 Å². The predicted molar refractivity (Wildman–Crippen MR) is 51.2 cm³/mol. The van der Waals surface area contributed by atoms with Crippen molar-refractivity contribution < 1.29 is 9.53 Å². The summed E-state index contributed by atoms with van der Waals surface area (Å²) in [5.74, 6) is -0.195. The van der Waals surface area contributed by atoms with Crippen LogP contribution in [0.15, 0.2) is 0 Å². The van der Waals surface area contributed by atoms with Gasteiger partial charge in [-0.25, -0.2) is 0 Å². The quantitative estimate of drug-likeness (QED) is 0.629. The number of hydrogen-bond donors (Lipinski definition) is 1. The number of methoxy groups -OCH3 is 1. The molecule has 0 spiro atoms.